The predicted octanol–water partition coefficient (Wildman–Crippen LogP) is 2.95. The number of hydrogen-bond acceptors (Lipinski definition) is 11. The van der Waals surface area contributed by atoms with E-state index in [2.05, 4.69) is 25.0 Å². The lowest BCUT2D eigenvalue weighted by Gasteiger charge is -2.38. The molecule has 4 aromatic rings. The van der Waals surface area contributed by atoms with Crippen LogP contribution in [0.3, 0.4) is 0 Å². The first-order valence-corrected chi connectivity index (χ1v) is 13.5. The number of methoxy groups -OCH3 is 2. The van der Waals surface area contributed by atoms with Gasteiger partial charge in [-0.2, -0.15) is 4.98 Å². The Morgan fingerprint density at radius 1 is 1.19 bits per heavy atom. The molecule has 2 aromatic carbocycles. The highest BCUT2D eigenvalue weighted by Gasteiger charge is 2.68. The number of benzene rings is 2. The molecule has 0 aliphatic carbocycles. The molecule has 0 radical (unpaired) electrons. The highest BCUT2D eigenvalue weighted by molar-refractivity contribution is 14.1. The number of Topliss-reactive ketones (excluding diaryl/α,β-unsaturated/α-hetero) is 2. The number of H-pyrrole nitrogens is 1. The molecule has 2 aromatic heterocycles. The molecule has 42 heavy (non-hydrogen) atoms. The number of fused-ring (bicyclic) bond motifs is 1. The summed E-state index contributed by atoms with van der Waals surface area (Å²) in [6, 6.07) is 12.0. The number of azide groups is 1. The molecule has 216 valence electrons. The van der Waals surface area contributed by atoms with E-state index < -0.39 is 45.0 Å². The number of alkyl halides is 1. The summed E-state index contributed by atoms with van der Waals surface area (Å²) >= 11 is 1.69. The molecule has 1 saturated heterocycles. The second-order valence-electron chi connectivity index (χ2n) is 9.31. The zero-order chi connectivity index (χ0) is 30.2. The Bertz CT molecular complexity index is 1790. The van der Waals surface area contributed by atoms with Crippen molar-refractivity contribution in [3.63, 3.8) is 0 Å². The van der Waals surface area contributed by atoms with E-state index in [0.29, 0.717) is 11.5 Å². The normalized spacial score (nSPS) is 22.3. The molecule has 1 aliphatic heterocycles. The first kappa shape index (κ1) is 29.0. The van der Waals surface area contributed by atoms with Crippen LogP contribution < -0.4 is 20.8 Å². The average Bonchev–Trinajstić information content (AvgIpc) is 3.56. The van der Waals surface area contributed by atoms with E-state index in [1.165, 1.54) is 61.5 Å². The van der Waals surface area contributed by atoms with Gasteiger partial charge in [-0.05, 0) is 54.1 Å². The molecule has 1 unspecified atom stereocenters. The van der Waals surface area contributed by atoms with E-state index in [4.69, 9.17) is 19.9 Å². The molecular weight excluding hydrogens is 663 g/mol. The van der Waals surface area contributed by atoms with E-state index >= 15 is 0 Å². The lowest BCUT2D eigenvalue weighted by molar-refractivity contribution is -0.114. The van der Waals surface area contributed by atoms with E-state index in [0.717, 1.165) is 0 Å². The number of aromatic amines is 1. The fourth-order valence-electron chi connectivity index (χ4n) is 4.86. The lowest BCUT2D eigenvalue weighted by atomic mass is 9.79. The second kappa shape index (κ2) is 11.1. The number of nitrogens with two attached hydrogens (primary N) is 1. The highest BCUT2D eigenvalue weighted by Crippen LogP contribution is 2.52. The highest BCUT2D eigenvalue weighted by atomic mass is 127. The third-order valence-corrected chi connectivity index (χ3v) is 8.42. The van der Waals surface area contributed by atoms with Crippen LogP contribution in [0.4, 0.5) is 5.95 Å². The van der Waals surface area contributed by atoms with Gasteiger partial charge in [0, 0.05) is 22.5 Å². The number of nitrogen functional groups attached to an aromatic ring is 1. The standard InChI is InChI=1S/C26H23IN8O7/c1-40-15-7-3-13(4-8-15)19(36)20(27)26(33-34-29)25(39,21(37)14-5-9-16(41-2)10-6-14)11-17(42-26)35-12-30-18-22(35)31-24(28)32-23(18)38/h3-10,12,17,20,39H,11H2,1-2H3,(H3,28,31,32,38)/t17-,20?,25-,26-/m1/s1. The van der Waals surface area contributed by atoms with Gasteiger partial charge >= 0.3 is 0 Å². The van der Waals surface area contributed by atoms with Crippen molar-refractivity contribution in [2.75, 3.05) is 20.0 Å². The van der Waals surface area contributed by atoms with Gasteiger partial charge in [0.2, 0.25) is 11.7 Å². The van der Waals surface area contributed by atoms with Crippen molar-refractivity contribution in [3.05, 3.63) is 86.8 Å². The molecule has 1 fully saturated rings. The van der Waals surface area contributed by atoms with Gasteiger partial charge in [0.1, 0.15) is 21.7 Å². The summed E-state index contributed by atoms with van der Waals surface area (Å²) in [5.41, 5.74) is 9.88. The van der Waals surface area contributed by atoms with Gasteiger partial charge in [0.25, 0.3) is 5.56 Å². The fraction of sp³-hybridized carbons (Fsp3) is 0.269. The minimum atomic E-state index is -2.59. The molecular formula is C26H23IN8O7. The van der Waals surface area contributed by atoms with E-state index in [1.54, 1.807) is 34.7 Å². The summed E-state index contributed by atoms with van der Waals surface area (Å²) in [5, 5.41) is 16.1. The first-order chi connectivity index (χ1) is 20.1. The number of imidazole rings is 1. The summed E-state index contributed by atoms with van der Waals surface area (Å²) < 4.78 is 16.4. The van der Waals surface area contributed by atoms with Crippen LogP contribution in [0.15, 0.2) is 64.8 Å². The number of nitrogens with one attached hydrogen (secondary N) is 1. The van der Waals surface area contributed by atoms with E-state index in [1.807, 2.05) is 0 Å². The molecule has 0 saturated carbocycles. The van der Waals surface area contributed by atoms with Crippen molar-refractivity contribution in [3.8, 4) is 11.5 Å². The minimum absolute atomic E-state index is 0.0104. The number of hydrogen-bond donors (Lipinski definition) is 3. The van der Waals surface area contributed by atoms with Gasteiger partial charge in [-0.25, -0.2) is 4.98 Å². The number of carbonyl (C=O) groups is 2. The molecule has 4 atom stereocenters. The smallest absolute Gasteiger partial charge is 0.280 e. The Morgan fingerprint density at radius 2 is 1.79 bits per heavy atom. The first-order valence-electron chi connectivity index (χ1n) is 12.3. The Kier molecular flexibility index (Phi) is 7.63. The number of ketones is 2. The summed E-state index contributed by atoms with van der Waals surface area (Å²) in [4.78, 5) is 53.7. The number of halogens is 1. The van der Waals surface area contributed by atoms with Gasteiger partial charge in [0.05, 0.1) is 20.5 Å². The van der Waals surface area contributed by atoms with E-state index in [9.17, 15) is 25.0 Å². The van der Waals surface area contributed by atoms with Crippen LogP contribution in [0, 0.1) is 0 Å². The van der Waals surface area contributed by atoms with Gasteiger partial charge in [0.15, 0.2) is 28.3 Å². The molecule has 0 bridgehead atoms. The third-order valence-electron chi connectivity index (χ3n) is 7.01. The van der Waals surface area contributed by atoms with Gasteiger partial charge in [-0.1, -0.05) is 27.7 Å². The Labute approximate surface area is 250 Å². The quantitative estimate of drug-likeness (QED) is 0.0583. The third kappa shape index (κ3) is 4.63. The van der Waals surface area contributed by atoms with Crippen LogP contribution >= 0.6 is 22.6 Å². The Hall–Kier alpha value is -4.51. The summed E-state index contributed by atoms with van der Waals surface area (Å²) in [6.07, 6.45) is -0.566. The van der Waals surface area contributed by atoms with Crippen LogP contribution in [0.1, 0.15) is 33.4 Å². The second-order valence-corrected chi connectivity index (χ2v) is 10.6. The molecule has 1 aliphatic rings. The van der Waals surface area contributed by atoms with Crippen molar-refractivity contribution < 1.29 is 28.9 Å². The number of anilines is 1. The molecule has 0 amide bonds. The summed E-state index contributed by atoms with van der Waals surface area (Å²) in [7, 11) is 2.93. The van der Waals surface area contributed by atoms with Crippen molar-refractivity contribution in [1.82, 2.24) is 19.5 Å². The molecule has 15 nitrogen and oxygen atoms in total. The number of aliphatic hydroxyl groups is 1. The predicted molar refractivity (Wildman–Crippen MR) is 157 cm³/mol. The minimum Gasteiger partial charge on any atom is -0.497 e. The van der Waals surface area contributed by atoms with Crippen molar-refractivity contribution >= 4 is 51.3 Å². The maximum Gasteiger partial charge on any atom is 0.280 e. The molecule has 0 spiro atoms. The van der Waals surface area contributed by atoms with Crippen LogP contribution in [0.25, 0.3) is 21.6 Å². The van der Waals surface area contributed by atoms with Crippen LogP contribution in [0.5, 0.6) is 11.5 Å². The van der Waals surface area contributed by atoms with Crippen molar-refractivity contribution in [1.29, 1.82) is 0 Å². The molecule has 4 N–H and O–H groups in total. The summed E-state index contributed by atoms with van der Waals surface area (Å²) in [6.45, 7) is 0. The average molecular weight is 686 g/mol. The largest absolute Gasteiger partial charge is 0.497 e. The monoisotopic (exact) mass is 686 g/mol. The number of carbonyl (C=O) groups excluding carboxylic acids is 2. The molecule has 5 rings (SSSR count). The zero-order valence-electron chi connectivity index (χ0n) is 22.1. The maximum absolute atomic E-state index is 14.1. The Morgan fingerprint density at radius 3 is 2.36 bits per heavy atom. The van der Waals surface area contributed by atoms with Crippen molar-refractivity contribution in [2.24, 2.45) is 5.11 Å². The van der Waals surface area contributed by atoms with Crippen LogP contribution in [-0.2, 0) is 4.74 Å². The summed E-state index contributed by atoms with van der Waals surface area (Å²) in [5.74, 6) is -0.723. The van der Waals surface area contributed by atoms with Crippen LogP contribution in [0.2, 0.25) is 0 Å². The van der Waals surface area contributed by atoms with Crippen molar-refractivity contribution in [2.45, 2.75) is 27.9 Å². The topological polar surface area (TPSA) is 220 Å². The zero-order valence-corrected chi connectivity index (χ0v) is 24.3. The molecule has 16 heteroatoms. The molecule has 3 heterocycles. The Balaban J connectivity index is 1.67. The van der Waals surface area contributed by atoms with Crippen LogP contribution in [-0.4, -0.2) is 65.7 Å². The number of nitrogens with zero attached hydrogens (tertiary/aromatic N) is 6. The van der Waals surface area contributed by atoms with Gasteiger partial charge in [-0.3, -0.25) is 23.9 Å². The fourth-order valence-corrected chi connectivity index (χ4v) is 6.01. The SMILES string of the molecule is COc1ccc(C(=O)C(I)[C@@]2(N=[N+]=[N-])O[C@@H](n3cnc4c(=O)[nH]c(N)nc43)C[C@@]2(O)C(=O)c2ccc(OC)cc2)cc1. The number of rotatable bonds is 9. The number of aromatic nitrogens is 4. The maximum atomic E-state index is 14.1. The van der Waals surface area contributed by atoms with Gasteiger partial charge < -0.3 is 25.1 Å². The van der Waals surface area contributed by atoms with E-state index in [-0.39, 0.29) is 28.2 Å². The number of ether oxygens (including phenoxy) is 3. The lowest BCUT2D eigenvalue weighted by Crippen LogP contribution is -2.61. The van der Waals surface area contributed by atoms with Gasteiger partial charge in [-0.15, -0.1) is 0 Å².